The van der Waals surface area contributed by atoms with Gasteiger partial charge in [0.05, 0.1) is 15.6 Å². The summed E-state index contributed by atoms with van der Waals surface area (Å²) in [4.78, 5) is 0.182. The monoisotopic (exact) mass is 344 g/mol. The molecule has 0 radical (unpaired) electrons. The van der Waals surface area contributed by atoms with Gasteiger partial charge < -0.3 is 5.32 Å². The normalized spacial score (nSPS) is 11.4. The van der Waals surface area contributed by atoms with Crippen molar-refractivity contribution in [3.05, 3.63) is 58.1 Å². The van der Waals surface area contributed by atoms with Crippen LogP contribution in [0.2, 0.25) is 10.0 Å². The molecular weight excluding hydrogens is 331 g/mol. The summed E-state index contributed by atoms with van der Waals surface area (Å²) in [5, 5.41) is 3.67. The van der Waals surface area contributed by atoms with E-state index in [4.69, 9.17) is 23.2 Å². The molecule has 0 aromatic heterocycles. The molecule has 2 N–H and O–H groups in total. The molecule has 0 amide bonds. The quantitative estimate of drug-likeness (QED) is 0.872. The number of sulfonamides is 1. The Morgan fingerprint density at radius 2 is 1.86 bits per heavy atom. The van der Waals surface area contributed by atoms with Crippen LogP contribution in [-0.2, 0) is 16.6 Å². The highest BCUT2D eigenvalue weighted by atomic mass is 35.5. The van der Waals surface area contributed by atoms with Crippen LogP contribution in [0.1, 0.15) is 5.56 Å². The van der Waals surface area contributed by atoms with Crippen molar-refractivity contribution in [2.24, 2.45) is 0 Å². The first kappa shape index (κ1) is 16.1. The Bertz CT molecular complexity index is 748. The molecule has 0 saturated heterocycles. The Morgan fingerprint density at radius 3 is 2.52 bits per heavy atom. The largest absolute Gasteiger partial charge is 0.316 e. The molecule has 0 spiro atoms. The standard InChI is InChI=1S/C14H14Cl2N2O2S/c1-17-9-10-3-2-4-12(7-10)21(19,20)18-14-6-5-11(15)8-13(14)16/h2-8,17-18H,9H2,1H3. The average Bonchev–Trinajstić information content (AvgIpc) is 2.43. The second-order valence-electron chi connectivity index (χ2n) is 4.41. The molecule has 112 valence electrons. The number of rotatable bonds is 5. The van der Waals surface area contributed by atoms with Crippen LogP contribution in [0, 0.1) is 0 Å². The van der Waals surface area contributed by atoms with Crippen molar-refractivity contribution in [2.45, 2.75) is 11.4 Å². The molecule has 0 aliphatic carbocycles. The maximum atomic E-state index is 12.4. The van der Waals surface area contributed by atoms with E-state index in [-0.39, 0.29) is 9.92 Å². The van der Waals surface area contributed by atoms with Crippen LogP contribution in [0.15, 0.2) is 47.4 Å². The lowest BCUT2D eigenvalue weighted by atomic mass is 10.2. The molecule has 0 aliphatic rings. The van der Waals surface area contributed by atoms with Crippen LogP contribution in [-0.4, -0.2) is 15.5 Å². The van der Waals surface area contributed by atoms with Crippen LogP contribution < -0.4 is 10.0 Å². The van der Waals surface area contributed by atoms with Crippen molar-refractivity contribution in [3.8, 4) is 0 Å². The predicted octanol–water partition coefficient (Wildman–Crippen LogP) is 3.51. The molecule has 0 aliphatic heterocycles. The summed E-state index contributed by atoms with van der Waals surface area (Å²) in [6.07, 6.45) is 0. The van der Waals surface area contributed by atoms with Gasteiger partial charge in [-0.3, -0.25) is 4.72 Å². The maximum Gasteiger partial charge on any atom is 0.261 e. The van der Waals surface area contributed by atoms with Gasteiger partial charge in [0.25, 0.3) is 10.0 Å². The van der Waals surface area contributed by atoms with Gasteiger partial charge in [-0.15, -0.1) is 0 Å². The Labute approximate surface area is 134 Å². The minimum absolute atomic E-state index is 0.182. The van der Waals surface area contributed by atoms with E-state index < -0.39 is 10.0 Å². The van der Waals surface area contributed by atoms with Crippen LogP contribution in [0.25, 0.3) is 0 Å². The lowest BCUT2D eigenvalue weighted by Crippen LogP contribution is -2.14. The van der Waals surface area contributed by atoms with E-state index in [0.29, 0.717) is 17.3 Å². The van der Waals surface area contributed by atoms with E-state index >= 15 is 0 Å². The molecule has 0 fully saturated rings. The summed E-state index contributed by atoms with van der Waals surface area (Å²) in [6.45, 7) is 0.588. The van der Waals surface area contributed by atoms with Gasteiger partial charge >= 0.3 is 0 Å². The first-order valence-electron chi connectivity index (χ1n) is 6.14. The summed E-state index contributed by atoms with van der Waals surface area (Å²) in [7, 11) is -1.90. The molecule has 7 heteroatoms. The van der Waals surface area contributed by atoms with E-state index in [1.54, 1.807) is 25.2 Å². The fraction of sp³-hybridized carbons (Fsp3) is 0.143. The molecule has 0 saturated carbocycles. The van der Waals surface area contributed by atoms with Crippen LogP contribution in [0.5, 0.6) is 0 Å². The fourth-order valence-corrected chi connectivity index (χ4v) is 3.46. The summed E-state index contributed by atoms with van der Waals surface area (Å²) >= 11 is 11.8. The molecule has 0 heterocycles. The predicted molar refractivity (Wildman–Crippen MR) is 86.5 cm³/mol. The maximum absolute atomic E-state index is 12.4. The molecule has 2 rings (SSSR count). The second kappa shape index (κ2) is 6.66. The lowest BCUT2D eigenvalue weighted by Gasteiger charge is -2.11. The van der Waals surface area contributed by atoms with Crippen LogP contribution >= 0.6 is 23.2 Å². The topological polar surface area (TPSA) is 58.2 Å². The van der Waals surface area contributed by atoms with E-state index in [1.165, 1.54) is 18.2 Å². The van der Waals surface area contributed by atoms with Crippen molar-refractivity contribution < 1.29 is 8.42 Å². The van der Waals surface area contributed by atoms with E-state index in [9.17, 15) is 8.42 Å². The summed E-state index contributed by atoms with van der Waals surface area (Å²) in [5.41, 5.74) is 1.17. The van der Waals surface area contributed by atoms with E-state index in [1.807, 2.05) is 6.07 Å². The van der Waals surface area contributed by atoms with Crippen LogP contribution in [0.4, 0.5) is 5.69 Å². The minimum Gasteiger partial charge on any atom is -0.316 e. The van der Waals surface area contributed by atoms with Crippen molar-refractivity contribution in [3.63, 3.8) is 0 Å². The lowest BCUT2D eigenvalue weighted by molar-refractivity contribution is 0.601. The zero-order valence-corrected chi connectivity index (χ0v) is 13.6. The second-order valence-corrected chi connectivity index (χ2v) is 6.93. The van der Waals surface area contributed by atoms with Gasteiger partial charge in [-0.2, -0.15) is 0 Å². The Morgan fingerprint density at radius 1 is 1.10 bits per heavy atom. The zero-order valence-electron chi connectivity index (χ0n) is 11.2. The number of benzene rings is 2. The molecule has 0 atom stereocenters. The van der Waals surface area contributed by atoms with Crippen molar-refractivity contribution >= 4 is 38.9 Å². The Kier molecular flexibility index (Phi) is 5.11. The van der Waals surface area contributed by atoms with E-state index in [0.717, 1.165) is 5.56 Å². The first-order valence-corrected chi connectivity index (χ1v) is 8.38. The smallest absolute Gasteiger partial charge is 0.261 e. The van der Waals surface area contributed by atoms with Gasteiger partial charge in [-0.25, -0.2) is 8.42 Å². The van der Waals surface area contributed by atoms with Gasteiger partial charge in [0.2, 0.25) is 0 Å². The minimum atomic E-state index is -3.69. The summed E-state index contributed by atoms with van der Waals surface area (Å²) < 4.78 is 27.2. The first-order chi connectivity index (χ1) is 9.92. The SMILES string of the molecule is CNCc1cccc(S(=O)(=O)Nc2ccc(Cl)cc2Cl)c1. The van der Waals surface area contributed by atoms with Crippen molar-refractivity contribution in [1.82, 2.24) is 5.32 Å². The number of halogens is 2. The number of nitrogens with one attached hydrogen (secondary N) is 2. The van der Waals surface area contributed by atoms with Crippen LogP contribution in [0.3, 0.4) is 0 Å². The summed E-state index contributed by atoms with van der Waals surface area (Å²) in [6, 6.07) is 11.3. The van der Waals surface area contributed by atoms with Gasteiger partial charge in [0.15, 0.2) is 0 Å². The highest BCUT2D eigenvalue weighted by molar-refractivity contribution is 7.92. The molecule has 0 bridgehead atoms. The molecule has 21 heavy (non-hydrogen) atoms. The molecule has 2 aromatic rings. The third kappa shape index (κ3) is 4.11. The third-order valence-electron chi connectivity index (χ3n) is 2.77. The fourth-order valence-electron chi connectivity index (χ4n) is 1.80. The average molecular weight is 345 g/mol. The van der Waals surface area contributed by atoms with Gasteiger partial charge in [-0.1, -0.05) is 35.3 Å². The highest BCUT2D eigenvalue weighted by Crippen LogP contribution is 2.27. The van der Waals surface area contributed by atoms with Crippen molar-refractivity contribution in [1.29, 1.82) is 0 Å². The molecular formula is C14H14Cl2N2O2S. The van der Waals surface area contributed by atoms with E-state index in [2.05, 4.69) is 10.0 Å². The number of hydrogen-bond donors (Lipinski definition) is 2. The Balaban J connectivity index is 2.31. The van der Waals surface area contributed by atoms with Gasteiger partial charge in [0.1, 0.15) is 0 Å². The van der Waals surface area contributed by atoms with Gasteiger partial charge in [0, 0.05) is 11.6 Å². The zero-order chi connectivity index (χ0) is 15.5. The number of hydrogen-bond acceptors (Lipinski definition) is 3. The Hall–Kier alpha value is -1.27. The molecule has 2 aromatic carbocycles. The third-order valence-corrected chi connectivity index (χ3v) is 4.68. The van der Waals surface area contributed by atoms with Crippen molar-refractivity contribution in [2.75, 3.05) is 11.8 Å². The highest BCUT2D eigenvalue weighted by Gasteiger charge is 2.16. The molecule has 0 unspecified atom stereocenters. The summed E-state index contributed by atoms with van der Waals surface area (Å²) in [5.74, 6) is 0. The molecule has 4 nitrogen and oxygen atoms in total. The number of anilines is 1. The van der Waals surface area contributed by atoms with Gasteiger partial charge in [-0.05, 0) is 42.9 Å².